The lowest BCUT2D eigenvalue weighted by Gasteiger charge is -2.08. The van der Waals surface area contributed by atoms with Crippen LogP contribution >= 0.6 is 0 Å². The van der Waals surface area contributed by atoms with Gasteiger partial charge in [0.2, 0.25) is 0 Å². The highest BCUT2D eigenvalue weighted by Gasteiger charge is 2.01. The lowest BCUT2D eigenvalue weighted by Crippen LogP contribution is -2.28. The summed E-state index contributed by atoms with van der Waals surface area (Å²) in [7, 11) is 0. The Balaban J connectivity index is 1.93. The molecular formula is C16H16N2O2. The van der Waals surface area contributed by atoms with Gasteiger partial charge in [0, 0.05) is 12.2 Å². The van der Waals surface area contributed by atoms with Crippen LogP contribution in [0.2, 0.25) is 0 Å². The molecule has 2 N–H and O–H groups in total. The van der Waals surface area contributed by atoms with Crippen LogP contribution in [-0.4, -0.2) is 12.6 Å². The van der Waals surface area contributed by atoms with Crippen molar-refractivity contribution in [1.29, 1.82) is 0 Å². The first-order valence-corrected chi connectivity index (χ1v) is 6.26. The van der Waals surface area contributed by atoms with Crippen molar-refractivity contribution in [3.8, 4) is 11.5 Å². The van der Waals surface area contributed by atoms with Gasteiger partial charge in [-0.15, -0.1) is 6.58 Å². The summed E-state index contributed by atoms with van der Waals surface area (Å²) in [5.41, 5.74) is 0.701. The number of hydrogen-bond acceptors (Lipinski definition) is 2. The smallest absolute Gasteiger partial charge is 0.319 e. The monoisotopic (exact) mass is 268 g/mol. The number of ether oxygens (including phenoxy) is 1. The number of benzene rings is 2. The van der Waals surface area contributed by atoms with E-state index in [-0.39, 0.29) is 6.03 Å². The molecule has 0 spiro atoms. The van der Waals surface area contributed by atoms with Gasteiger partial charge in [-0.1, -0.05) is 24.3 Å². The zero-order valence-electron chi connectivity index (χ0n) is 11.0. The second kappa shape index (κ2) is 6.99. The van der Waals surface area contributed by atoms with Crippen LogP contribution in [0, 0.1) is 0 Å². The summed E-state index contributed by atoms with van der Waals surface area (Å²) in [6, 6.07) is 16.4. The third-order valence-corrected chi connectivity index (χ3v) is 2.50. The fraction of sp³-hybridized carbons (Fsp3) is 0.0625. The first-order valence-electron chi connectivity index (χ1n) is 6.26. The molecule has 4 heteroatoms. The van der Waals surface area contributed by atoms with Crippen molar-refractivity contribution in [3.63, 3.8) is 0 Å². The number of anilines is 1. The van der Waals surface area contributed by atoms with Gasteiger partial charge in [0.05, 0.1) is 0 Å². The molecule has 0 atom stereocenters. The van der Waals surface area contributed by atoms with Crippen molar-refractivity contribution < 1.29 is 9.53 Å². The molecule has 0 aliphatic heterocycles. The molecule has 0 saturated heterocycles. The van der Waals surface area contributed by atoms with Gasteiger partial charge in [0.1, 0.15) is 11.5 Å². The molecule has 4 nitrogen and oxygen atoms in total. The summed E-state index contributed by atoms with van der Waals surface area (Å²) in [5.74, 6) is 1.49. The molecule has 2 rings (SSSR count). The van der Waals surface area contributed by atoms with Gasteiger partial charge in [-0.25, -0.2) is 4.79 Å². The quantitative estimate of drug-likeness (QED) is 0.811. The maximum Gasteiger partial charge on any atom is 0.319 e. The SMILES string of the molecule is C=CCNC(=O)Nc1ccc(Oc2ccccc2)cc1. The number of hydrogen-bond donors (Lipinski definition) is 2. The third-order valence-electron chi connectivity index (χ3n) is 2.50. The zero-order chi connectivity index (χ0) is 14.2. The Labute approximate surface area is 118 Å². The van der Waals surface area contributed by atoms with Crippen LogP contribution in [0.4, 0.5) is 10.5 Å². The molecule has 2 amide bonds. The Morgan fingerprint density at radius 3 is 2.35 bits per heavy atom. The molecule has 2 aromatic carbocycles. The van der Waals surface area contributed by atoms with Crippen LogP contribution in [0.15, 0.2) is 67.3 Å². The van der Waals surface area contributed by atoms with E-state index in [1.54, 1.807) is 30.3 Å². The normalized spacial score (nSPS) is 9.60. The molecule has 0 heterocycles. The Morgan fingerprint density at radius 1 is 1.05 bits per heavy atom. The van der Waals surface area contributed by atoms with Crippen molar-refractivity contribution in [3.05, 3.63) is 67.3 Å². The van der Waals surface area contributed by atoms with Gasteiger partial charge in [-0.3, -0.25) is 0 Å². The van der Waals surface area contributed by atoms with Crippen LogP contribution in [0.5, 0.6) is 11.5 Å². The molecule has 0 radical (unpaired) electrons. The van der Waals surface area contributed by atoms with Crippen LogP contribution in [-0.2, 0) is 0 Å². The number of amides is 2. The average molecular weight is 268 g/mol. The molecule has 0 aromatic heterocycles. The average Bonchev–Trinajstić information content (AvgIpc) is 2.48. The van der Waals surface area contributed by atoms with E-state index in [0.717, 1.165) is 5.75 Å². The Kier molecular flexibility index (Phi) is 4.78. The van der Waals surface area contributed by atoms with Crippen molar-refractivity contribution in [2.75, 3.05) is 11.9 Å². The van der Waals surface area contributed by atoms with Crippen LogP contribution < -0.4 is 15.4 Å². The van der Waals surface area contributed by atoms with Crippen LogP contribution in [0.25, 0.3) is 0 Å². The van der Waals surface area contributed by atoms with Gasteiger partial charge >= 0.3 is 6.03 Å². The molecule has 0 aliphatic carbocycles. The number of carbonyl (C=O) groups excluding carboxylic acids is 1. The highest BCUT2D eigenvalue weighted by atomic mass is 16.5. The first-order chi connectivity index (χ1) is 9.78. The van der Waals surface area contributed by atoms with Crippen molar-refractivity contribution in [2.45, 2.75) is 0 Å². The summed E-state index contributed by atoms with van der Waals surface area (Å²) in [5, 5.41) is 5.35. The van der Waals surface area contributed by atoms with Crippen molar-refractivity contribution in [2.24, 2.45) is 0 Å². The minimum atomic E-state index is -0.262. The molecule has 2 aromatic rings. The molecule has 0 saturated carbocycles. The van der Waals surface area contributed by atoms with E-state index >= 15 is 0 Å². The van der Waals surface area contributed by atoms with Gasteiger partial charge in [0.15, 0.2) is 0 Å². The van der Waals surface area contributed by atoms with Gasteiger partial charge in [0.25, 0.3) is 0 Å². The maximum absolute atomic E-state index is 11.4. The predicted octanol–water partition coefficient (Wildman–Crippen LogP) is 3.79. The minimum absolute atomic E-state index is 0.262. The highest BCUT2D eigenvalue weighted by molar-refractivity contribution is 5.89. The number of rotatable bonds is 5. The lowest BCUT2D eigenvalue weighted by molar-refractivity contribution is 0.253. The van der Waals surface area contributed by atoms with E-state index < -0.39 is 0 Å². The molecule has 20 heavy (non-hydrogen) atoms. The second-order valence-electron chi connectivity index (χ2n) is 4.06. The van der Waals surface area contributed by atoms with E-state index in [0.29, 0.717) is 18.0 Å². The van der Waals surface area contributed by atoms with E-state index in [4.69, 9.17) is 4.74 Å². The van der Waals surface area contributed by atoms with Gasteiger partial charge < -0.3 is 15.4 Å². The van der Waals surface area contributed by atoms with Crippen LogP contribution in [0.3, 0.4) is 0 Å². The lowest BCUT2D eigenvalue weighted by atomic mass is 10.3. The second-order valence-corrected chi connectivity index (χ2v) is 4.06. The first kappa shape index (κ1) is 13.7. The summed E-state index contributed by atoms with van der Waals surface area (Å²) in [6.07, 6.45) is 1.62. The summed E-state index contributed by atoms with van der Waals surface area (Å²) in [6.45, 7) is 3.96. The molecule has 0 bridgehead atoms. The van der Waals surface area contributed by atoms with E-state index in [1.165, 1.54) is 0 Å². The molecular weight excluding hydrogens is 252 g/mol. The standard InChI is InChI=1S/C16H16N2O2/c1-2-12-17-16(19)18-13-8-10-15(11-9-13)20-14-6-4-3-5-7-14/h2-11H,1,12H2,(H2,17,18,19). The Bertz CT molecular complexity index is 565. The molecule has 0 unspecified atom stereocenters. The Hall–Kier alpha value is -2.75. The van der Waals surface area contributed by atoms with Crippen LogP contribution in [0.1, 0.15) is 0 Å². The van der Waals surface area contributed by atoms with E-state index in [2.05, 4.69) is 17.2 Å². The van der Waals surface area contributed by atoms with Gasteiger partial charge in [-0.05, 0) is 36.4 Å². The minimum Gasteiger partial charge on any atom is -0.457 e. The van der Waals surface area contributed by atoms with E-state index in [1.807, 2.05) is 30.3 Å². The molecule has 0 aliphatic rings. The fourth-order valence-corrected chi connectivity index (χ4v) is 1.57. The number of urea groups is 1. The predicted molar refractivity (Wildman–Crippen MR) is 80.2 cm³/mol. The van der Waals surface area contributed by atoms with E-state index in [9.17, 15) is 4.79 Å². The topological polar surface area (TPSA) is 50.4 Å². The number of carbonyl (C=O) groups is 1. The Morgan fingerprint density at radius 2 is 1.70 bits per heavy atom. The van der Waals surface area contributed by atoms with Gasteiger partial charge in [-0.2, -0.15) is 0 Å². The molecule has 102 valence electrons. The maximum atomic E-state index is 11.4. The fourth-order valence-electron chi connectivity index (χ4n) is 1.57. The summed E-state index contributed by atoms with van der Waals surface area (Å²) in [4.78, 5) is 11.4. The van der Waals surface area contributed by atoms with Crippen molar-refractivity contribution in [1.82, 2.24) is 5.32 Å². The largest absolute Gasteiger partial charge is 0.457 e. The third kappa shape index (κ3) is 4.17. The van der Waals surface area contributed by atoms with Crippen molar-refractivity contribution >= 4 is 11.7 Å². The summed E-state index contributed by atoms with van der Waals surface area (Å²) < 4.78 is 5.66. The molecule has 0 fully saturated rings. The number of nitrogens with one attached hydrogen (secondary N) is 2. The highest BCUT2D eigenvalue weighted by Crippen LogP contribution is 2.22. The zero-order valence-corrected chi connectivity index (χ0v) is 11.0. The number of para-hydroxylation sites is 1. The summed E-state index contributed by atoms with van der Waals surface area (Å²) >= 11 is 0.